The van der Waals surface area contributed by atoms with E-state index in [0.717, 1.165) is 0 Å². The maximum Gasteiger partial charge on any atom is 0.522 e. The Bertz CT molecular complexity index is 330. The highest BCUT2D eigenvalue weighted by Crippen LogP contribution is 2.20. The predicted molar refractivity (Wildman–Crippen MR) is 42.1 cm³/mol. The number of hydrogen-bond donors (Lipinski definition) is 3. The highest BCUT2D eigenvalue weighted by Gasteiger charge is 2.44. The lowest BCUT2D eigenvalue weighted by molar-refractivity contribution is -0.143. The summed E-state index contributed by atoms with van der Waals surface area (Å²) in [5.74, 6) is -2.15. The molecule has 0 unspecified atom stereocenters. The van der Waals surface area contributed by atoms with Crippen LogP contribution in [0.1, 0.15) is 12.8 Å². The average molecular weight is 268 g/mol. The van der Waals surface area contributed by atoms with Crippen molar-refractivity contribution in [1.29, 1.82) is 0 Å². The van der Waals surface area contributed by atoms with Crippen molar-refractivity contribution < 1.29 is 45.9 Å². The standard InChI is InChI=1S/C4H6O4.CHF3O3S/c5-3(6)1-2-4(7)8;2-1(3,4)8(5,6)7/h1-2H2,(H,5,6)(H,7,8);(H,5,6,7). The number of halogens is 3. The minimum Gasteiger partial charge on any atom is -0.481 e. The molecular weight excluding hydrogens is 261 g/mol. The van der Waals surface area contributed by atoms with Crippen molar-refractivity contribution in [2.45, 2.75) is 18.3 Å². The molecule has 0 rings (SSSR count). The van der Waals surface area contributed by atoms with E-state index in [9.17, 15) is 22.8 Å². The van der Waals surface area contributed by atoms with Crippen LogP contribution in [0.25, 0.3) is 0 Å². The van der Waals surface area contributed by atoms with Gasteiger partial charge in [0, 0.05) is 0 Å². The van der Waals surface area contributed by atoms with Crippen LogP contribution >= 0.6 is 0 Å². The highest BCUT2D eigenvalue weighted by molar-refractivity contribution is 7.86. The van der Waals surface area contributed by atoms with Gasteiger partial charge in [-0.3, -0.25) is 14.1 Å². The van der Waals surface area contributed by atoms with Gasteiger partial charge in [0.05, 0.1) is 12.8 Å². The Balaban J connectivity index is 0. The summed E-state index contributed by atoms with van der Waals surface area (Å²) < 4.78 is 57.5. The van der Waals surface area contributed by atoms with Crippen LogP contribution in [-0.2, 0) is 19.7 Å². The molecule has 0 atom stereocenters. The molecule has 0 radical (unpaired) electrons. The largest absolute Gasteiger partial charge is 0.522 e. The monoisotopic (exact) mass is 268 g/mol. The minimum absolute atomic E-state index is 0.296. The Labute approximate surface area is 87.2 Å². The second kappa shape index (κ2) is 6.27. The summed E-state index contributed by atoms with van der Waals surface area (Å²) >= 11 is 0. The zero-order valence-electron chi connectivity index (χ0n) is 7.43. The fourth-order valence-electron chi connectivity index (χ4n) is 0.214. The number of carboxylic acids is 2. The maximum atomic E-state index is 10.7. The van der Waals surface area contributed by atoms with Crippen LogP contribution in [0.5, 0.6) is 0 Å². The zero-order chi connectivity index (χ0) is 13.6. The van der Waals surface area contributed by atoms with Crippen molar-refractivity contribution in [2.75, 3.05) is 0 Å². The van der Waals surface area contributed by atoms with Gasteiger partial charge in [-0.1, -0.05) is 0 Å². The van der Waals surface area contributed by atoms with Gasteiger partial charge in [-0.15, -0.1) is 0 Å². The number of alkyl halides is 3. The Hall–Kier alpha value is -1.36. The molecule has 0 aliphatic heterocycles. The van der Waals surface area contributed by atoms with Crippen molar-refractivity contribution in [3.63, 3.8) is 0 Å². The fraction of sp³-hybridized carbons (Fsp3) is 0.600. The number of carboxylic acid groups (broad SMARTS) is 2. The van der Waals surface area contributed by atoms with Crippen LogP contribution in [0, 0.1) is 0 Å². The SMILES string of the molecule is O=C(O)CCC(=O)O.O=S(=O)(O)C(F)(F)F. The first-order valence-corrected chi connectivity index (χ1v) is 4.79. The lowest BCUT2D eigenvalue weighted by Crippen LogP contribution is -2.21. The third kappa shape index (κ3) is 10.7. The lowest BCUT2D eigenvalue weighted by Gasteiger charge is -1.97. The van der Waals surface area contributed by atoms with E-state index >= 15 is 0 Å². The normalized spacial score (nSPS) is 11.2. The molecule has 0 aromatic rings. The van der Waals surface area contributed by atoms with E-state index < -0.39 is 27.6 Å². The first-order valence-electron chi connectivity index (χ1n) is 3.35. The van der Waals surface area contributed by atoms with Crippen LogP contribution < -0.4 is 0 Å². The van der Waals surface area contributed by atoms with Crippen LogP contribution in [0.3, 0.4) is 0 Å². The van der Waals surface area contributed by atoms with Gasteiger partial charge < -0.3 is 10.2 Å². The van der Waals surface area contributed by atoms with Crippen molar-refractivity contribution in [2.24, 2.45) is 0 Å². The summed E-state index contributed by atoms with van der Waals surface area (Å²) in [6.07, 6.45) is -0.593. The van der Waals surface area contributed by atoms with Crippen LogP contribution in [0.2, 0.25) is 0 Å². The van der Waals surface area contributed by atoms with Crippen molar-refractivity contribution in [3.05, 3.63) is 0 Å². The third-order valence-corrected chi connectivity index (χ3v) is 1.43. The lowest BCUT2D eigenvalue weighted by atomic mass is 10.3. The van der Waals surface area contributed by atoms with Crippen molar-refractivity contribution >= 4 is 22.1 Å². The smallest absolute Gasteiger partial charge is 0.481 e. The van der Waals surface area contributed by atoms with E-state index in [2.05, 4.69) is 0 Å². The predicted octanol–water partition coefficient (Wildman–Crippen LogP) is 0.330. The van der Waals surface area contributed by atoms with E-state index in [1.54, 1.807) is 0 Å². The first kappa shape index (κ1) is 17.0. The maximum absolute atomic E-state index is 10.7. The Morgan fingerprint density at radius 2 is 1.19 bits per heavy atom. The molecule has 0 aliphatic carbocycles. The van der Waals surface area contributed by atoms with E-state index in [0.29, 0.717) is 0 Å². The molecule has 7 nitrogen and oxygen atoms in total. The van der Waals surface area contributed by atoms with E-state index in [-0.39, 0.29) is 12.8 Å². The molecule has 0 heterocycles. The van der Waals surface area contributed by atoms with Crippen LogP contribution in [0.15, 0.2) is 0 Å². The summed E-state index contributed by atoms with van der Waals surface area (Å²) in [7, 11) is -5.84. The summed E-state index contributed by atoms with van der Waals surface area (Å²) in [5, 5.41) is 15.8. The molecule has 0 aromatic carbocycles. The fourth-order valence-corrected chi connectivity index (χ4v) is 0.214. The molecule has 0 saturated heterocycles. The third-order valence-electron chi connectivity index (χ3n) is 0.845. The van der Waals surface area contributed by atoms with E-state index in [1.807, 2.05) is 0 Å². The zero-order valence-corrected chi connectivity index (χ0v) is 8.25. The number of aliphatic carboxylic acids is 2. The van der Waals surface area contributed by atoms with Crippen LogP contribution in [-0.4, -0.2) is 40.6 Å². The number of carbonyl (C=O) groups is 2. The number of hydrogen-bond acceptors (Lipinski definition) is 4. The summed E-state index contributed by atoms with van der Waals surface area (Å²) in [5.41, 5.74) is -5.53. The highest BCUT2D eigenvalue weighted by atomic mass is 32.2. The van der Waals surface area contributed by atoms with Gasteiger partial charge in [0.1, 0.15) is 0 Å². The molecule has 96 valence electrons. The molecule has 0 bridgehead atoms. The molecule has 16 heavy (non-hydrogen) atoms. The van der Waals surface area contributed by atoms with Gasteiger partial charge in [0.15, 0.2) is 0 Å². The summed E-state index contributed by atoms with van der Waals surface area (Å²) in [4.78, 5) is 19.3. The van der Waals surface area contributed by atoms with Crippen molar-refractivity contribution in [3.8, 4) is 0 Å². The van der Waals surface area contributed by atoms with Crippen LogP contribution in [0.4, 0.5) is 13.2 Å². The molecule has 0 saturated carbocycles. The van der Waals surface area contributed by atoms with Gasteiger partial charge in [0.2, 0.25) is 0 Å². The average Bonchev–Trinajstić information content (AvgIpc) is 1.98. The second-order valence-corrected chi connectivity index (χ2v) is 3.62. The van der Waals surface area contributed by atoms with Gasteiger partial charge in [-0.05, 0) is 0 Å². The van der Waals surface area contributed by atoms with Gasteiger partial charge in [-0.2, -0.15) is 21.6 Å². The molecule has 0 aromatic heterocycles. The molecular formula is C5H7F3O7S. The minimum atomic E-state index is -5.84. The second-order valence-electron chi connectivity index (χ2n) is 2.21. The quantitative estimate of drug-likeness (QED) is 0.496. The molecule has 0 fully saturated rings. The Kier molecular flexibility index (Phi) is 6.68. The topological polar surface area (TPSA) is 129 Å². The molecule has 11 heteroatoms. The van der Waals surface area contributed by atoms with Gasteiger partial charge in [0.25, 0.3) is 0 Å². The first-order chi connectivity index (χ1) is 6.88. The number of rotatable bonds is 3. The molecule has 3 N–H and O–H groups in total. The molecule has 0 aliphatic rings. The molecule has 0 spiro atoms. The van der Waals surface area contributed by atoms with Crippen molar-refractivity contribution in [1.82, 2.24) is 0 Å². The van der Waals surface area contributed by atoms with E-state index in [1.165, 1.54) is 0 Å². The van der Waals surface area contributed by atoms with Gasteiger partial charge >= 0.3 is 27.6 Å². The van der Waals surface area contributed by atoms with E-state index in [4.69, 9.17) is 23.2 Å². The summed E-state index contributed by atoms with van der Waals surface area (Å²) in [6, 6.07) is 0. The van der Waals surface area contributed by atoms with Gasteiger partial charge in [-0.25, -0.2) is 0 Å². The Morgan fingerprint density at radius 1 is 1.00 bits per heavy atom. The summed E-state index contributed by atoms with van der Waals surface area (Å²) in [6.45, 7) is 0. The Morgan fingerprint density at radius 3 is 1.25 bits per heavy atom. The molecule has 0 amide bonds.